The molecule has 5 rings (SSSR count). The number of hydrogen-bond donors (Lipinski definition) is 1. The molecule has 0 spiro atoms. The van der Waals surface area contributed by atoms with Crippen molar-refractivity contribution in [2.75, 3.05) is 5.75 Å². The molecule has 0 bridgehead atoms. The fourth-order valence-corrected chi connectivity index (χ4v) is 5.57. The SMILES string of the molecule is Cc1ccccc1[C@H](NC(=O)c1ccc([C@H]2SCC(=O)N2Cc2ccco2)cc1)c1ccccc1. The first-order valence-electron chi connectivity index (χ1n) is 11.5. The summed E-state index contributed by atoms with van der Waals surface area (Å²) in [5.41, 5.74) is 4.79. The van der Waals surface area contributed by atoms with Crippen molar-refractivity contribution in [2.24, 2.45) is 0 Å². The summed E-state index contributed by atoms with van der Waals surface area (Å²) in [5.74, 6) is 1.13. The van der Waals surface area contributed by atoms with Gasteiger partial charge in [-0.3, -0.25) is 9.59 Å². The average Bonchev–Trinajstić information content (AvgIpc) is 3.54. The first-order valence-corrected chi connectivity index (χ1v) is 12.6. The number of carbonyl (C=O) groups excluding carboxylic acids is 2. The normalized spacial score (nSPS) is 16.3. The molecule has 0 saturated carbocycles. The van der Waals surface area contributed by atoms with E-state index in [9.17, 15) is 9.59 Å². The lowest BCUT2D eigenvalue weighted by Gasteiger charge is -2.24. The maximum Gasteiger partial charge on any atom is 0.252 e. The second-order valence-electron chi connectivity index (χ2n) is 8.56. The second kappa shape index (κ2) is 10.2. The minimum absolute atomic E-state index is 0.0853. The van der Waals surface area contributed by atoms with Gasteiger partial charge in [-0.25, -0.2) is 0 Å². The minimum atomic E-state index is -0.253. The molecule has 35 heavy (non-hydrogen) atoms. The average molecular weight is 483 g/mol. The molecular formula is C29H26N2O3S. The molecular weight excluding hydrogens is 456 g/mol. The van der Waals surface area contributed by atoms with Crippen LogP contribution in [0.15, 0.2) is 102 Å². The Kier molecular flexibility index (Phi) is 6.73. The Morgan fingerprint density at radius 3 is 2.46 bits per heavy atom. The molecule has 2 amide bonds. The Morgan fingerprint density at radius 1 is 1.00 bits per heavy atom. The molecule has 0 aliphatic carbocycles. The third-order valence-electron chi connectivity index (χ3n) is 6.24. The predicted molar refractivity (Wildman–Crippen MR) is 138 cm³/mol. The fraction of sp³-hybridized carbons (Fsp3) is 0.172. The fourth-order valence-electron chi connectivity index (χ4n) is 4.38. The second-order valence-corrected chi connectivity index (χ2v) is 9.63. The molecule has 1 N–H and O–H groups in total. The van der Waals surface area contributed by atoms with E-state index in [1.807, 2.05) is 83.8 Å². The number of rotatable bonds is 7. The third kappa shape index (κ3) is 5.03. The number of furan rings is 1. The Bertz CT molecular complexity index is 1300. The number of carbonyl (C=O) groups is 2. The smallest absolute Gasteiger partial charge is 0.252 e. The standard InChI is InChI=1S/C29H26N2O3S/c1-20-8-5-6-12-25(20)27(21-9-3-2-4-10-21)30-28(33)22-13-15-23(16-14-22)29-31(26(32)19-35-29)18-24-11-7-17-34-24/h2-17,27,29H,18-19H2,1H3,(H,30,33)/t27-,29-/m1/s1. The van der Waals surface area contributed by atoms with Gasteiger partial charge in [0.2, 0.25) is 5.91 Å². The van der Waals surface area contributed by atoms with Crippen LogP contribution in [0.5, 0.6) is 0 Å². The summed E-state index contributed by atoms with van der Waals surface area (Å²) >= 11 is 1.59. The number of amides is 2. The molecule has 3 aromatic carbocycles. The summed E-state index contributed by atoms with van der Waals surface area (Å²) < 4.78 is 5.44. The quantitative estimate of drug-likeness (QED) is 0.357. The molecule has 0 radical (unpaired) electrons. The van der Waals surface area contributed by atoms with E-state index in [1.165, 1.54) is 0 Å². The summed E-state index contributed by atoms with van der Waals surface area (Å²) in [6.07, 6.45) is 1.62. The van der Waals surface area contributed by atoms with Crippen molar-refractivity contribution in [1.29, 1.82) is 0 Å². The van der Waals surface area contributed by atoms with E-state index in [0.717, 1.165) is 28.0 Å². The summed E-state index contributed by atoms with van der Waals surface area (Å²) in [7, 11) is 0. The van der Waals surface area contributed by atoms with Crippen LogP contribution in [0, 0.1) is 6.92 Å². The number of hydrogen-bond acceptors (Lipinski definition) is 4. The lowest BCUT2D eigenvalue weighted by molar-refractivity contribution is -0.128. The zero-order chi connectivity index (χ0) is 24.2. The molecule has 5 nitrogen and oxygen atoms in total. The highest BCUT2D eigenvalue weighted by Crippen LogP contribution is 2.39. The zero-order valence-electron chi connectivity index (χ0n) is 19.4. The largest absolute Gasteiger partial charge is 0.467 e. The first-order chi connectivity index (χ1) is 17.1. The first kappa shape index (κ1) is 23.0. The van der Waals surface area contributed by atoms with Gasteiger partial charge in [0.15, 0.2) is 0 Å². The van der Waals surface area contributed by atoms with Crippen LogP contribution >= 0.6 is 11.8 Å². The van der Waals surface area contributed by atoms with Crippen LogP contribution < -0.4 is 5.32 Å². The van der Waals surface area contributed by atoms with Crippen LogP contribution in [0.25, 0.3) is 0 Å². The van der Waals surface area contributed by atoms with Crippen molar-refractivity contribution in [1.82, 2.24) is 10.2 Å². The molecule has 1 aliphatic rings. The van der Waals surface area contributed by atoms with E-state index in [0.29, 0.717) is 17.9 Å². The van der Waals surface area contributed by atoms with Gasteiger partial charge in [0.25, 0.3) is 5.91 Å². The Morgan fingerprint density at radius 2 is 1.74 bits per heavy atom. The van der Waals surface area contributed by atoms with Gasteiger partial charge in [0, 0.05) is 5.56 Å². The summed E-state index contributed by atoms with van der Waals surface area (Å²) in [6.45, 7) is 2.49. The van der Waals surface area contributed by atoms with E-state index >= 15 is 0 Å². The Labute approximate surface area is 209 Å². The maximum absolute atomic E-state index is 13.3. The van der Waals surface area contributed by atoms with Crippen LogP contribution in [-0.2, 0) is 11.3 Å². The van der Waals surface area contributed by atoms with Crippen LogP contribution in [0.3, 0.4) is 0 Å². The highest BCUT2D eigenvalue weighted by molar-refractivity contribution is 8.00. The van der Waals surface area contributed by atoms with E-state index in [1.54, 1.807) is 18.0 Å². The number of aryl methyl sites for hydroxylation is 1. The van der Waals surface area contributed by atoms with Gasteiger partial charge in [-0.2, -0.15) is 0 Å². The minimum Gasteiger partial charge on any atom is -0.467 e. The molecule has 1 aliphatic heterocycles. The van der Waals surface area contributed by atoms with Gasteiger partial charge in [0.05, 0.1) is 24.6 Å². The van der Waals surface area contributed by atoms with Gasteiger partial charge >= 0.3 is 0 Å². The number of nitrogens with one attached hydrogen (secondary N) is 1. The summed E-state index contributed by atoms with van der Waals surface area (Å²) in [6, 6.07) is 29.1. The Balaban J connectivity index is 1.35. The molecule has 1 saturated heterocycles. The van der Waals surface area contributed by atoms with Crippen molar-refractivity contribution in [3.05, 3.63) is 131 Å². The molecule has 176 valence electrons. The van der Waals surface area contributed by atoms with Crippen molar-refractivity contribution in [2.45, 2.75) is 24.9 Å². The highest BCUT2D eigenvalue weighted by Gasteiger charge is 2.33. The van der Waals surface area contributed by atoms with Crippen molar-refractivity contribution < 1.29 is 14.0 Å². The lowest BCUT2D eigenvalue weighted by Crippen LogP contribution is -2.30. The van der Waals surface area contributed by atoms with E-state index in [4.69, 9.17) is 4.42 Å². The van der Waals surface area contributed by atoms with E-state index in [2.05, 4.69) is 24.4 Å². The van der Waals surface area contributed by atoms with Crippen LogP contribution in [-0.4, -0.2) is 22.5 Å². The van der Waals surface area contributed by atoms with Gasteiger partial charge in [-0.05, 0) is 53.4 Å². The van der Waals surface area contributed by atoms with E-state index in [-0.39, 0.29) is 23.2 Å². The molecule has 1 fully saturated rings. The Hall–Kier alpha value is -3.77. The van der Waals surface area contributed by atoms with E-state index < -0.39 is 0 Å². The molecule has 2 atom stereocenters. The maximum atomic E-state index is 13.3. The lowest BCUT2D eigenvalue weighted by atomic mass is 9.94. The topological polar surface area (TPSA) is 62.6 Å². The zero-order valence-corrected chi connectivity index (χ0v) is 20.2. The van der Waals surface area contributed by atoms with Crippen molar-refractivity contribution >= 4 is 23.6 Å². The van der Waals surface area contributed by atoms with Crippen molar-refractivity contribution in [3.63, 3.8) is 0 Å². The monoisotopic (exact) mass is 482 g/mol. The summed E-state index contributed by atoms with van der Waals surface area (Å²) in [5, 5.41) is 3.12. The van der Waals surface area contributed by atoms with Gasteiger partial charge in [-0.1, -0.05) is 66.7 Å². The van der Waals surface area contributed by atoms with Crippen molar-refractivity contribution in [3.8, 4) is 0 Å². The third-order valence-corrected chi connectivity index (χ3v) is 7.50. The molecule has 2 heterocycles. The highest BCUT2D eigenvalue weighted by atomic mass is 32.2. The molecule has 6 heteroatoms. The van der Waals surface area contributed by atoms with Crippen LogP contribution in [0.2, 0.25) is 0 Å². The molecule has 0 unspecified atom stereocenters. The summed E-state index contributed by atoms with van der Waals surface area (Å²) in [4.78, 5) is 27.6. The van der Waals surface area contributed by atoms with Gasteiger partial charge in [0.1, 0.15) is 11.1 Å². The molecule has 1 aromatic heterocycles. The number of nitrogens with zero attached hydrogens (tertiary/aromatic N) is 1. The number of thioether (sulfide) groups is 1. The number of benzene rings is 3. The van der Waals surface area contributed by atoms with Gasteiger partial charge in [-0.15, -0.1) is 11.8 Å². The molecule has 4 aromatic rings. The van der Waals surface area contributed by atoms with Crippen LogP contribution in [0.1, 0.15) is 49.8 Å². The van der Waals surface area contributed by atoms with Crippen LogP contribution in [0.4, 0.5) is 0 Å². The van der Waals surface area contributed by atoms with Gasteiger partial charge < -0.3 is 14.6 Å². The predicted octanol–water partition coefficient (Wildman–Crippen LogP) is 5.88.